The van der Waals surface area contributed by atoms with Crippen molar-refractivity contribution in [3.05, 3.63) is 29.3 Å². The van der Waals surface area contributed by atoms with Crippen molar-refractivity contribution in [2.75, 3.05) is 0 Å². The number of aliphatic hydroxyl groups excluding tert-OH is 1. The van der Waals surface area contributed by atoms with E-state index in [9.17, 15) is 14.7 Å². The maximum atomic E-state index is 12.7. The fraction of sp³-hybridized carbons (Fsp3) is 0.579. The summed E-state index contributed by atoms with van der Waals surface area (Å²) in [4.78, 5) is 25.8. The van der Waals surface area contributed by atoms with E-state index in [4.69, 9.17) is 10.5 Å². The van der Waals surface area contributed by atoms with E-state index >= 15 is 0 Å². The Morgan fingerprint density at radius 1 is 1.19 bits per heavy atom. The number of carbonyl (C=O) groups excluding carboxylic acids is 2. The highest BCUT2D eigenvalue weighted by Crippen LogP contribution is 2.32. The van der Waals surface area contributed by atoms with E-state index in [1.54, 1.807) is 11.0 Å². The molecular weight excluding hydrogens is 334 g/mol. The molecule has 7 nitrogen and oxygen atoms in total. The van der Waals surface area contributed by atoms with Gasteiger partial charge in [-0.25, -0.2) is 0 Å². The third-order valence-electron chi connectivity index (χ3n) is 5.69. The molecule has 2 fully saturated rings. The van der Waals surface area contributed by atoms with Crippen molar-refractivity contribution >= 4 is 11.8 Å². The first-order chi connectivity index (χ1) is 12.5. The molecule has 2 amide bonds. The average molecular weight is 359 g/mol. The number of piperidine rings is 1. The fourth-order valence-electron chi connectivity index (χ4n) is 4.20. The molecule has 4 N–H and O–H groups in total. The van der Waals surface area contributed by atoms with Gasteiger partial charge in [-0.15, -0.1) is 0 Å². The molecule has 1 saturated heterocycles. The molecule has 4 atom stereocenters. The molecule has 1 saturated carbocycles. The van der Waals surface area contributed by atoms with E-state index in [2.05, 4.69) is 5.32 Å². The Balaban J connectivity index is 1.48. The molecule has 0 aromatic heterocycles. The molecule has 7 heteroatoms. The Bertz CT molecular complexity index is 723. The van der Waals surface area contributed by atoms with Crippen LogP contribution >= 0.6 is 0 Å². The first-order valence-corrected chi connectivity index (χ1v) is 9.36. The molecule has 4 rings (SSSR count). The number of carbonyl (C=O) groups is 2. The zero-order valence-electron chi connectivity index (χ0n) is 14.7. The van der Waals surface area contributed by atoms with Gasteiger partial charge in [-0.1, -0.05) is 6.42 Å². The zero-order chi connectivity index (χ0) is 18.3. The monoisotopic (exact) mass is 359 g/mol. The van der Waals surface area contributed by atoms with Gasteiger partial charge in [0.05, 0.1) is 6.04 Å². The van der Waals surface area contributed by atoms with E-state index in [1.807, 2.05) is 12.1 Å². The number of ether oxygens (including phenoxy) is 1. The number of rotatable bonds is 3. The van der Waals surface area contributed by atoms with E-state index in [-0.39, 0.29) is 24.0 Å². The third-order valence-corrected chi connectivity index (χ3v) is 5.69. The Hall–Kier alpha value is -2.12. The molecule has 2 unspecified atom stereocenters. The number of nitrogens with two attached hydrogens (primary N) is 1. The number of nitrogens with one attached hydrogen (secondary N) is 1. The van der Waals surface area contributed by atoms with E-state index in [0.717, 1.165) is 37.0 Å². The molecule has 0 bridgehead atoms. The van der Waals surface area contributed by atoms with Crippen LogP contribution in [-0.4, -0.2) is 46.2 Å². The predicted octanol–water partition coefficient (Wildman–Crippen LogP) is 0.888. The molecule has 2 aliphatic heterocycles. The van der Waals surface area contributed by atoms with Crippen molar-refractivity contribution in [3.8, 4) is 5.75 Å². The van der Waals surface area contributed by atoms with Crippen molar-refractivity contribution < 1.29 is 19.4 Å². The van der Waals surface area contributed by atoms with Gasteiger partial charge in [0, 0.05) is 24.6 Å². The number of hydrogen-bond donors (Lipinski definition) is 3. The fourth-order valence-corrected chi connectivity index (χ4v) is 4.20. The van der Waals surface area contributed by atoms with Gasteiger partial charge in [0.2, 0.25) is 5.91 Å². The summed E-state index contributed by atoms with van der Waals surface area (Å²) >= 11 is 0. The number of fused-ring (bicyclic) bond motifs is 1. The van der Waals surface area contributed by atoms with Crippen LogP contribution < -0.4 is 15.8 Å². The highest BCUT2D eigenvalue weighted by atomic mass is 16.5. The number of hydrogen-bond acceptors (Lipinski definition) is 5. The SMILES string of the molecule is N[C@H]1CCCC[C@@H]1Oc1ccc2c(c1)CN(C1CCC(=O)NC1O)C2=O. The highest BCUT2D eigenvalue weighted by molar-refractivity contribution is 5.99. The lowest BCUT2D eigenvalue weighted by molar-refractivity contribution is -0.129. The van der Waals surface area contributed by atoms with Gasteiger partial charge in [0.1, 0.15) is 18.1 Å². The Kier molecular flexibility index (Phi) is 4.58. The summed E-state index contributed by atoms with van der Waals surface area (Å²) in [6, 6.07) is 5.16. The van der Waals surface area contributed by atoms with Crippen LogP contribution in [0.4, 0.5) is 0 Å². The molecule has 0 radical (unpaired) electrons. The van der Waals surface area contributed by atoms with Crippen LogP contribution in [0.1, 0.15) is 54.4 Å². The summed E-state index contributed by atoms with van der Waals surface area (Å²) in [6.45, 7) is 0.416. The summed E-state index contributed by atoms with van der Waals surface area (Å²) in [5, 5.41) is 12.6. The molecule has 3 aliphatic rings. The first-order valence-electron chi connectivity index (χ1n) is 9.36. The molecule has 1 aromatic rings. The highest BCUT2D eigenvalue weighted by Gasteiger charge is 2.39. The topological polar surface area (TPSA) is 105 Å². The molecule has 1 aliphatic carbocycles. The van der Waals surface area contributed by atoms with Crippen LogP contribution in [0.15, 0.2) is 18.2 Å². The number of aliphatic hydroxyl groups is 1. The molecule has 26 heavy (non-hydrogen) atoms. The molecule has 1 aromatic carbocycles. The van der Waals surface area contributed by atoms with E-state index in [1.165, 1.54) is 0 Å². The van der Waals surface area contributed by atoms with Gasteiger partial charge in [-0.2, -0.15) is 0 Å². The largest absolute Gasteiger partial charge is 0.489 e. The van der Waals surface area contributed by atoms with E-state index < -0.39 is 12.3 Å². The summed E-state index contributed by atoms with van der Waals surface area (Å²) in [6.07, 6.45) is 3.99. The molecular formula is C19H25N3O4. The second kappa shape index (κ2) is 6.89. The van der Waals surface area contributed by atoms with Crippen molar-refractivity contribution in [2.24, 2.45) is 5.73 Å². The Morgan fingerprint density at radius 2 is 2.00 bits per heavy atom. The summed E-state index contributed by atoms with van der Waals surface area (Å²) < 4.78 is 6.08. The number of benzene rings is 1. The first kappa shape index (κ1) is 17.3. The summed E-state index contributed by atoms with van der Waals surface area (Å²) in [5.41, 5.74) is 7.68. The van der Waals surface area contributed by atoms with Crippen LogP contribution in [0.5, 0.6) is 5.75 Å². The molecule has 140 valence electrons. The predicted molar refractivity (Wildman–Crippen MR) is 94.3 cm³/mol. The number of amides is 2. The van der Waals surface area contributed by atoms with Crippen molar-refractivity contribution in [2.45, 2.75) is 69.5 Å². The second-order valence-corrected chi connectivity index (χ2v) is 7.47. The lowest BCUT2D eigenvalue weighted by Gasteiger charge is -2.35. The van der Waals surface area contributed by atoms with Crippen LogP contribution in [0, 0.1) is 0 Å². The van der Waals surface area contributed by atoms with Crippen LogP contribution in [-0.2, 0) is 11.3 Å². The second-order valence-electron chi connectivity index (χ2n) is 7.47. The number of nitrogens with zero attached hydrogens (tertiary/aromatic N) is 1. The van der Waals surface area contributed by atoms with Crippen molar-refractivity contribution in [1.29, 1.82) is 0 Å². The summed E-state index contributed by atoms with van der Waals surface area (Å²) in [7, 11) is 0. The van der Waals surface area contributed by atoms with E-state index in [0.29, 0.717) is 24.9 Å². The van der Waals surface area contributed by atoms with Gasteiger partial charge in [-0.3, -0.25) is 9.59 Å². The maximum Gasteiger partial charge on any atom is 0.254 e. The van der Waals surface area contributed by atoms with Crippen LogP contribution in [0.3, 0.4) is 0 Å². The Morgan fingerprint density at radius 3 is 2.77 bits per heavy atom. The smallest absolute Gasteiger partial charge is 0.254 e. The normalized spacial score (nSPS) is 31.5. The zero-order valence-corrected chi connectivity index (χ0v) is 14.7. The quantitative estimate of drug-likeness (QED) is 0.743. The van der Waals surface area contributed by atoms with Gasteiger partial charge in [0.25, 0.3) is 5.91 Å². The minimum Gasteiger partial charge on any atom is -0.489 e. The minimum atomic E-state index is -1.02. The van der Waals surface area contributed by atoms with Crippen LogP contribution in [0.25, 0.3) is 0 Å². The molecule has 2 heterocycles. The lowest BCUT2D eigenvalue weighted by Crippen LogP contribution is -2.55. The van der Waals surface area contributed by atoms with Gasteiger partial charge in [-0.05, 0) is 49.4 Å². The standard InChI is InChI=1S/C19H25N3O4/c20-14-3-1-2-4-16(14)26-12-5-6-13-11(9-12)10-22(19(13)25)15-7-8-17(23)21-18(15)24/h5-6,9,14-16,18,24H,1-4,7-8,10,20H2,(H,21,23)/t14-,15?,16-,18?/m0/s1. The minimum absolute atomic E-state index is 0.0189. The van der Waals surface area contributed by atoms with Gasteiger partial charge < -0.3 is 25.8 Å². The molecule has 0 spiro atoms. The summed E-state index contributed by atoms with van der Waals surface area (Å²) in [5.74, 6) is 0.441. The Labute approximate surface area is 152 Å². The average Bonchev–Trinajstić information content (AvgIpc) is 2.93. The van der Waals surface area contributed by atoms with Crippen molar-refractivity contribution in [3.63, 3.8) is 0 Å². The third kappa shape index (κ3) is 3.17. The maximum absolute atomic E-state index is 12.7. The lowest BCUT2D eigenvalue weighted by atomic mass is 9.93. The van der Waals surface area contributed by atoms with Gasteiger partial charge >= 0.3 is 0 Å². The van der Waals surface area contributed by atoms with Crippen molar-refractivity contribution in [1.82, 2.24) is 10.2 Å². The van der Waals surface area contributed by atoms with Crippen LogP contribution in [0.2, 0.25) is 0 Å². The van der Waals surface area contributed by atoms with Gasteiger partial charge in [0.15, 0.2) is 0 Å².